The van der Waals surface area contributed by atoms with E-state index in [9.17, 15) is 9.18 Å². The summed E-state index contributed by atoms with van der Waals surface area (Å²) < 4.78 is 21.8. The number of carbonyl (C=O) groups is 1. The number of benzene rings is 2. The standard InChI is InChI=1S/C19H15ClFNO3/c1-2-22-11-12(6-9-18(23)24)19-15(22)4-3-5-17(19)25-16-8-7-13(20)10-14(16)21/h3-11H,2H2,1H3,(H,23,24)/b9-6+. The third-order valence-electron chi connectivity index (χ3n) is 3.76. The van der Waals surface area contributed by atoms with Crippen LogP contribution in [0, 0.1) is 5.82 Å². The van der Waals surface area contributed by atoms with E-state index in [1.807, 2.05) is 29.8 Å². The van der Waals surface area contributed by atoms with Crippen molar-refractivity contribution in [1.82, 2.24) is 4.57 Å². The number of carboxylic acids is 1. The van der Waals surface area contributed by atoms with Crippen LogP contribution in [-0.4, -0.2) is 15.6 Å². The van der Waals surface area contributed by atoms with Crippen molar-refractivity contribution in [3.05, 3.63) is 65.1 Å². The highest BCUT2D eigenvalue weighted by atomic mass is 35.5. The van der Waals surface area contributed by atoms with Gasteiger partial charge in [0, 0.05) is 34.8 Å². The van der Waals surface area contributed by atoms with Gasteiger partial charge in [-0.2, -0.15) is 0 Å². The van der Waals surface area contributed by atoms with Crippen LogP contribution < -0.4 is 4.74 Å². The van der Waals surface area contributed by atoms with Gasteiger partial charge < -0.3 is 14.4 Å². The van der Waals surface area contributed by atoms with E-state index < -0.39 is 11.8 Å². The van der Waals surface area contributed by atoms with Crippen LogP contribution >= 0.6 is 11.6 Å². The lowest BCUT2D eigenvalue weighted by Gasteiger charge is -2.09. The lowest BCUT2D eigenvalue weighted by Crippen LogP contribution is -1.92. The maximum atomic E-state index is 14.1. The van der Waals surface area contributed by atoms with Crippen molar-refractivity contribution in [3.63, 3.8) is 0 Å². The number of rotatable bonds is 5. The summed E-state index contributed by atoms with van der Waals surface area (Å²) in [5.74, 6) is -1.12. The molecule has 0 saturated carbocycles. The third-order valence-corrected chi connectivity index (χ3v) is 3.99. The topological polar surface area (TPSA) is 51.5 Å². The highest BCUT2D eigenvalue weighted by Gasteiger charge is 2.14. The van der Waals surface area contributed by atoms with E-state index in [1.54, 1.807) is 12.1 Å². The molecule has 0 atom stereocenters. The predicted octanol–water partition coefficient (Wildman–Crippen LogP) is 5.34. The number of ether oxygens (including phenoxy) is 1. The molecule has 25 heavy (non-hydrogen) atoms. The quantitative estimate of drug-likeness (QED) is 0.625. The van der Waals surface area contributed by atoms with Gasteiger partial charge in [-0.25, -0.2) is 9.18 Å². The Kier molecular flexibility index (Phi) is 4.76. The first-order chi connectivity index (χ1) is 12.0. The summed E-state index contributed by atoms with van der Waals surface area (Å²) in [6, 6.07) is 9.61. The molecule has 1 aromatic heterocycles. The molecule has 0 unspecified atom stereocenters. The van der Waals surface area contributed by atoms with Crippen molar-refractivity contribution in [2.75, 3.05) is 0 Å². The Morgan fingerprint density at radius 3 is 2.80 bits per heavy atom. The van der Waals surface area contributed by atoms with Crippen LogP contribution in [0.4, 0.5) is 4.39 Å². The first kappa shape index (κ1) is 17.0. The molecule has 0 bridgehead atoms. The van der Waals surface area contributed by atoms with Crippen LogP contribution in [0.3, 0.4) is 0 Å². The number of aromatic nitrogens is 1. The van der Waals surface area contributed by atoms with Crippen molar-refractivity contribution in [2.24, 2.45) is 0 Å². The van der Waals surface area contributed by atoms with Gasteiger partial charge in [-0.15, -0.1) is 0 Å². The molecule has 0 radical (unpaired) electrons. The van der Waals surface area contributed by atoms with Gasteiger partial charge in [-0.05, 0) is 43.3 Å². The summed E-state index contributed by atoms with van der Waals surface area (Å²) in [5.41, 5.74) is 1.56. The van der Waals surface area contributed by atoms with Gasteiger partial charge in [0.2, 0.25) is 0 Å². The Morgan fingerprint density at radius 2 is 2.12 bits per heavy atom. The summed E-state index contributed by atoms with van der Waals surface area (Å²) in [6.45, 7) is 2.69. The molecule has 0 aliphatic carbocycles. The van der Waals surface area contributed by atoms with Gasteiger partial charge in [-0.3, -0.25) is 0 Å². The average molecular weight is 360 g/mol. The lowest BCUT2D eigenvalue weighted by atomic mass is 10.1. The summed E-state index contributed by atoms with van der Waals surface area (Å²) in [7, 11) is 0. The molecule has 4 nitrogen and oxygen atoms in total. The van der Waals surface area contributed by atoms with Crippen LogP contribution in [0.1, 0.15) is 12.5 Å². The van der Waals surface area contributed by atoms with Crippen molar-refractivity contribution in [1.29, 1.82) is 0 Å². The molecule has 2 aromatic carbocycles. The van der Waals surface area contributed by atoms with E-state index in [0.717, 1.165) is 17.0 Å². The molecule has 0 amide bonds. The Hall–Kier alpha value is -2.79. The molecule has 0 spiro atoms. The zero-order valence-electron chi connectivity index (χ0n) is 13.4. The highest BCUT2D eigenvalue weighted by Crippen LogP contribution is 2.35. The minimum atomic E-state index is -1.04. The molecule has 0 saturated heterocycles. The molecular weight excluding hydrogens is 345 g/mol. The maximum Gasteiger partial charge on any atom is 0.328 e. The van der Waals surface area contributed by atoms with Crippen LogP contribution in [0.5, 0.6) is 11.5 Å². The fraction of sp³-hybridized carbons (Fsp3) is 0.105. The summed E-state index contributed by atoms with van der Waals surface area (Å²) >= 11 is 5.77. The fourth-order valence-corrected chi connectivity index (χ4v) is 2.82. The van der Waals surface area contributed by atoms with Gasteiger partial charge in [0.15, 0.2) is 11.6 Å². The SMILES string of the molecule is CCn1cc(/C=C/C(=O)O)c2c(Oc3ccc(Cl)cc3F)cccc21. The predicted molar refractivity (Wildman–Crippen MR) is 95.8 cm³/mol. The minimum absolute atomic E-state index is 0.0503. The monoisotopic (exact) mass is 359 g/mol. The second-order valence-electron chi connectivity index (χ2n) is 5.37. The number of nitrogens with zero attached hydrogens (tertiary/aromatic N) is 1. The highest BCUT2D eigenvalue weighted by molar-refractivity contribution is 6.30. The van der Waals surface area contributed by atoms with E-state index >= 15 is 0 Å². The molecular formula is C19H15ClFNO3. The largest absolute Gasteiger partial charge is 0.478 e. The Bertz CT molecular complexity index is 978. The van der Waals surface area contributed by atoms with Crippen molar-refractivity contribution in [3.8, 4) is 11.5 Å². The zero-order valence-corrected chi connectivity index (χ0v) is 14.1. The van der Waals surface area contributed by atoms with Crippen LogP contribution in [0.15, 0.2) is 48.7 Å². The molecule has 3 rings (SSSR count). The van der Waals surface area contributed by atoms with Gasteiger partial charge in [0.25, 0.3) is 0 Å². The van der Waals surface area contributed by atoms with Crippen LogP contribution in [-0.2, 0) is 11.3 Å². The smallest absolute Gasteiger partial charge is 0.328 e. The number of hydrogen-bond acceptors (Lipinski definition) is 2. The van der Waals surface area contributed by atoms with Crippen molar-refractivity contribution in [2.45, 2.75) is 13.5 Å². The van der Waals surface area contributed by atoms with E-state index in [0.29, 0.717) is 17.9 Å². The molecule has 128 valence electrons. The minimum Gasteiger partial charge on any atom is -0.478 e. The normalized spacial score (nSPS) is 11.3. The number of aryl methyl sites for hydroxylation is 1. The summed E-state index contributed by atoms with van der Waals surface area (Å²) in [6.07, 6.45) is 4.41. The molecule has 0 aliphatic rings. The van der Waals surface area contributed by atoms with E-state index in [2.05, 4.69) is 0 Å². The summed E-state index contributed by atoms with van der Waals surface area (Å²) in [4.78, 5) is 10.9. The van der Waals surface area contributed by atoms with Crippen molar-refractivity contribution < 1.29 is 19.0 Å². The Balaban J connectivity index is 2.14. The number of fused-ring (bicyclic) bond motifs is 1. The average Bonchev–Trinajstić information content (AvgIpc) is 2.94. The fourth-order valence-electron chi connectivity index (χ4n) is 2.66. The number of hydrogen-bond donors (Lipinski definition) is 1. The van der Waals surface area contributed by atoms with Gasteiger partial charge in [-0.1, -0.05) is 17.7 Å². The molecule has 0 aliphatic heterocycles. The number of aliphatic carboxylic acids is 1. The molecule has 6 heteroatoms. The Labute approximate surface area is 148 Å². The van der Waals surface area contributed by atoms with Crippen LogP contribution in [0.25, 0.3) is 17.0 Å². The molecule has 1 heterocycles. The van der Waals surface area contributed by atoms with Gasteiger partial charge in [0.1, 0.15) is 5.75 Å². The maximum absolute atomic E-state index is 14.1. The lowest BCUT2D eigenvalue weighted by molar-refractivity contribution is -0.131. The Morgan fingerprint density at radius 1 is 1.32 bits per heavy atom. The molecule has 0 fully saturated rings. The zero-order chi connectivity index (χ0) is 18.0. The second-order valence-corrected chi connectivity index (χ2v) is 5.81. The van der Waals surface area contributed by atoms with Crippen LogP contribution in [0.2, 0.25) is 5.02 Å². The first-order valence-corrected chi connectivity index (χ1v) is 8.03. The van der Waals surface area contributed by atoms with Crippen molar-refractivity contribution >= 4 is 34.5 Å². The van der Waals surface area contributed by atoms with E-state index in [4.69, 9.17) is 21.4 Å². The van der Waals surface area contributed by atoms with E-state index in [1.165, 1.54) is 18.2 Å². The number of halogens is 2. The van der Waals surface area contributed by atoms with Gasteiger partial charge in [0.05, 0.1) is 5.52 Å². The second kappa shape index (κ2) is 6.99. The third kappa shape index (κ3) is 3.51. The first-order valence-electron chi connectivity index (χ1n) is 7.65. The number of carboxylic acid groups (broad SMARTS) is 1. The molecule has 3 aromatic rings. The van der Waals surface area contributed by atoms with E-state index in [-0.39, 0.29) is 10.8 Å². The summed E-state index contributed by atoms with van der Waals surface area (Å²) in [5, 5.41) is 9.89. The van der Waals surface area contributed by atoms with Gasteiger partial charge >= 0.3 is 5.97 Å². The molecule has 1 N–H and O–H groups in total.